The predicted molar refractivity (Wildman–Crippen MR) is 101 cm³/mol. The van der Waals surface area contributed by atoms with E-state index in [0.717, 1.165) is 45.8 Å². The van der Waals surface area contributed by atoms with E-state index in [2.05, 4.69) is 40.0 Å². The Morgan fingerprint density at radius 2 is 2.04 bits per heavy atom. The van der Waals surface area contributed by atoms with Crippen LogP contribution >= 0.6 is 27.5 Å². The van der Waals surface area contributed by atoms with Gasteiger partial charge in [-0.2, -0.15) is 5.10 Å². The van der Waals surface area contributed by atoms with Gasteiger partial charge in [0.15, 0.2) is 6.23 Å². The molecule has 0 aliphatic carbocycles. The van der Waals surface area contributed by atoms with E-state index in [0.29, 0.717) is 0 Å². The van der Waals surface area contributed by atoms with E-state index in [1.165, 1.54) is 5.56 Å². The zero-order chi connectivity index (χ0) is 16.7. The van der Waals surface area contributed by atoms with Gasteiger partial charge in [0.2, 0.25) is 0 Å². The van der Waals surface area contributed by atoms with Gasteiger partial charge in [-0.3, -0.25) is 5.01 Å². The quantitative estimate of drug-likeness (QED) is 0.647. The van der Waals surface area contributed by atoms with Gasteiger partial charge in [-0.05, 0) is 35.9 Å². The largest absolute Gasteiger partial charge is 0.469 e. The van der Waals surface area contributed by atoms with Crippen molar-refractivity contribution in [1.29, 1.82) is 0 Å². The summed E-state index contributed by atoms with van der Waals surface area (Å²) >= 11 is 9.59. The van der Waals surface area contributed by atoms with Crippen molar-refractivity contribution in [2.45, 2.75) is 38.5 Å². The summed E-state index contributed by atoms with van der Waals surface area (Å²) in [5.41, 5.74) is 3.42. The lowest BCUT2D eigenvalue weighted by atomic mass is 9.96. The van der Waals surface area contributed by atoms with Crippen molar-refractivity contribution < 1.29 is 4.74 Å². The molecule has 0 bridgehead atoms. The molecule has 0 saturated heterocycles. The maximum Gasteiger partial charge on any atom is 0.187 e. The Balaban J connectivity index is 1.72. The number of hydrogen-bond donors (Lipinski definition) is 0. The van der Waals surface area contributed by atoms with Gasteiger partial charge >= 0.3 is 0 Å². The number of hydrogen-bond acceptors (Lipinski definition) is 3. The molecule has 3 nitrogen and oxygen atoms in total. The fourth-order valence-electron chi connectivity index (χ4n) is 3.39. The molecule has 0 aromatic heterocycles. The van der Waals surface area contributed by atoms with Gasteiger partial charge in [0, 0.05) is 27.9 Å². The fourth-order valence-corrected chi connectivity index (χ4v) is 3.89. The highest BCUT2D eigenvalue weighted by Crippen LogP contribution is 2.44. The highest BCUT2D eigenvalue weighted by Gasteiger charge is 2.39. The molecule has 0 fully saturated rings. The maximum atomic E-state index is 6.22. The van der Waals surface area contributed by atoms with Gasteiger partial charge < -0.3 is 4.74 Å². The molecule has 24 heavy (non-hydrogen) atoms. The second-order valence-electron chi connectivity index (χ2n) is 6.20. The lowest BCUT2D eigenvalue weighted by Gasteiger charge is -2.38. The highest BCUT2D eigenvalue weighted by atomic mass is 79.9. The third-order valence-electron chi connectivity index (χ3n) is 4.54. The first kappa shape index (κ1) is 16.0. The monoisotopic (exact) mass is 404 g/mol. The highest BCUT2D eigenvalue weighted by molar-refractivity contribution is 9.10. The normalized spacial score (nSPS) is 21.8. The first-order chi connectivity index (χ1) is 11.7. The van der Waals surface area contributed by atoms with E-state index in [9.17, 15) is 0 Å². The van der Waals surface area contributed by atoms with Crippen molar-refractivity contribution in [2.24, 2.45) is 5.10 Å². The average Bonchev–Trinajstić information content (AvgIpc) is 3.02. The first-order valence-electron chi connectivity index (χ1n) is 8.23. The van der Waals surface area contributed by atoms with Crippen LogP contribution in [0.4, 0.5) is 0 Å². The molecular weight excluding hydrogens is 388 g/mol. The Hall–Kier alpha value is -1.52. The van der Waals surface area contributed by atoms with Gasteiger partial charge in [0.05, 0.1) is 11.8 Å². The van der Waals surface area contributed by atoms with E-state index in [-0.39, 0.29) is 12.3 Å². The van der Waals surface area contributed by atoms with Gasteiger partial charge in [-0.1, -0.05) is 53.0 Å². The third kappa shape index (κ3) is 2.82. The molecule has 5 heteroatoms. The summed E-state index contributed by atoms with van der Waals surface area (Å²) in [5, 5.41) is 7.79. The zero-order valence-electron chi connectivity index (χ0n) is 13.4. The third-order valence-corrected chi connectivity index (χ3v) is 5.29. The van der Waals surface area contributed by atoms with Gasteiger partial charge in [0.1, 0.15) is 5.75 Å². The topological polar surface area (TPSA) is 24.8 Å². The molecule has 2 aliphatic heterocycles. The van der Waals surface area contributed by atoms with Crippen LogP contribution in [0.15, 0.2) is 52.0 Å². The van der Waals surface area contributed by atoms with E-state index in [1.807, 2.05) is 30.3 Å². The van der Waals surface area contributed by atoms with Crippen molar-refractivity contribution in [2.75, 3.05) is 0 Å². The number of rotatable bonds is 3. The van der Waals surface area contributed by atoms with Crippen LogP contribution in [0.1, 0.15) is 43.4 Å². The summed E-state index contributed by atoms with van der Waals surface area (Å²) in [4.78, 5) is 0. The standard InChI is InChI=1S/C19H18BrClN2O/c1-2-3-19-23-17(15-10-13(20)6-9-18(15)24-19)11-16(22-23)12-4-7-14(21)8-5-12/h4-10,17,19H,2-3,11H2,1H3/t17-,19+/m1/s1. The van der Waals surface area contributed by atoms with Crippen LogP contribution in [0.25, 0.3) is 0 Å². The van der Waals surface area contributed by atoms with E-state index in [1.54, 1.807) is 0 Å². The second-order valence-corrected chi connectivity index (χ2v) is 7.55. The second kappa shape index (κ2) is 6.41. The molecule has 0 saturated carbocycles. The number of nitrogens with zero attached hydrogens (tertiary/aromatic N) is 2. The number of benzene rings is 2. The minimum atomic E-state index is -0.00141. The average molecular weight is 406 g/mol. The number of fused-ring (bicyclic) bond motifs is 3. The van der Waals surface area contributed by atoms with Crippen LogP contribution in [0.2, 0.25) is 5.02 Å². The van der Waals surface area contributed by atoms with E-state index in [4.69, 9.17) is 21.4 Å². The van der Waals surface area contributed by atoms with Crippen molar-refractivity contribution in [3.63, 3.8) is 0 Å². The molecule has 4 rings (SSSR count). The van der Waals surface area contributed by atoms with Crippen molar-refractivity contribution in [1.82, 2.24) is 5.01 Å². The number of ether oxygens (including phenoxy) is 1. The molecule has 0 unspecified atom stereocenters. The summed E-state index contributed by atoms with van der Waals surface area (Å²) in [5.74, 6) is 0.977. The Morgan fingerprint density at radius 3 is 2.79 bits per heavy atom. The number of hydrazone groups is 1. The fraction of sp³-hybridized carbons (Fsp3) is 0.316. The minimum absolute atomic E-state index is 0.00141. The molecule has 0 radical (unpaired) electrons. The van der Waals surface area contributed by atoms with Crippen LogP contribution in [-0.2, 0) is 0 Å². The van der Waals surface area contributed by atoms with Gasteiger partial charge in [0.25, 0.3) is 0 Å². The van der Waals surface area contributed by atoms with Crippen LogP contribution in [0, 0.1) is 0 Å². The van der Waals surface area contributed by atoms with Crippen molar-refractivity contribution in [3.8, 4) is 5.75 Å². The molecule has 2 aromatic carbocycles. The molecule has 0 amide bonds. The molecule has 2 aromatic rings. The smallest absolute Gasteiger partial charge is 0.187 e. The summed E-state index contributed by atoms with van der Waals surface area (Å²) in [6.07, 6.45) is 2.90. The Kier molecular flexibility index (Phi) is 4.27. The molecule has 2 atom stereocenters. The van der Waals surface area contributed by atoms with Crippen LogP contribution < -0.4 is 4.74 Å². The van der Waals surface area contributed by atoms with Crippen LogP contribution in [-0.4, -0.2) is 16.9 Å². The lowest BCUT2D eigenvalue weighted by molar-refractivity contribution is -0.0223. The molecule has 0 spiro atoms. The minimum Gasteiger partial charge on any atom is -0.469 e. The molecule has 0 N–H and O–H groups in total. The Labute approximate surface area is 155 Å². The van der Waals surface area contributed by atoms with E-state index >= 15 is 0 Å². The molecular formula is C19H18BrClN2O. The summed E-state index contributed by atoms with van der Waals surface area (Å²) in [7, 11) is 0. The predicted octanol–water partition coefficient (Wildman–Crippen LogP) is 5.77. The van der Waals surface area contributed by atoms with Crippen LogP contribution in [0.3, 0.4) is 0 Å². The van der Waals surface area contributed by atoms with Gasteiger partial charge in [-0.25, -0.2) is 0 Å². The van der Waals surface area contributed by atoms with E-state index < -0.39 is 0 Å². The maximum absolute atomic E-state index is 6.22. The summed E-state index contributed by atoms with van der Waals surface area (Å²) in [6, 6.07) is 14.4. The summed E-state index contributed by atoms with van der Waals surface area (Å²) in [6.45, 7) is 2.18. The van der Waals surface area contributed by atoms with Crippen molar-refractivity contribution >= 4 is 33.2 Å². The Morgan fingerprint density at radius 1 is 1.25 bits per heavy atom. The molecule has 124 valence electrons. The van der Waals surface area contributed by atoms with Gasteiger partial charge in [-0.15, -0.1) is 0 Å². The SMILES string of the molecule is CCC[C@@H]1Oc2ccc(Br)cc2[C@H]2CC(c3ccc(Cl)cc3)=NN12. The molecule has 2 heterocycles. The summed E-state index contributed by atoms with van der Waals surface area (Å²) < 4.78 is 7.29. The Bertz CT molecular complexity index is 790. The van der Waals surface area contributed by atoms with Crippen molar-refractivity contribution in [3.05, 3.63) is 63.1 Å². The molecule has 2 aliphatic rings. The lowest BCUT2D eigenvalue weighted by Crippen LogP contribution is -2.40. The first-order valence-corrected chi connectivity index (χ1v) is 9.40. The number of halogens is 2. The zero-order valence-corrected chi connectivity index (χ0v) is 15.7. The van der Waals surface area contributed by atoms with Crippen LogP contribution in [0.5, 0.6) is 5.75 Å².